The van der Waals surface area contributed by atoms with Crippen LogP contribution in [0.15, 0.2) is 28.9 Å². The number of nitrogens with one attached hydrogen (secondary N) is 1. The number of fused-ring (bicyclic) bond motifs is 1. The molecule has 5 heteroatoms. The zero-order valence-corrected chi connectivity index (χ0v) is 12.2. The standard InChI is InChI=1S/C14H13BrN4/c1-7-3-10(16)5-11(8(7)2)13-18-12-4-9(15)6-17-14(12)19-13/h3-6H,16H2,1-2H3,(H,17,18,19). The SMILES string of the molecule is Cc1cc(N)cc(-c2nc3ncc(Br)cc3[nH]2)c1C. The number of aryl methyl sites for hydroxylation is 1. The van der Waals surface area contributed by atoms with Crippen LogP contribution in [0.3, 0.4) is 0 Å². The normalized spacial score (nSPS) is 11.1. The van der Waals surface area contributed by atoms with Gasteiger partial charge >= 0.3 is 0 Å². The first-order valence-corrected chi connectivity index (χ1v) is 6.72. The van der Waals surface area contributed by atoms with Crippen molar-refractivity contribution >= 4 is 32.8 Å². The molecule has 0 fully saturated rings. The van der Waals surface area contributed by atoms with Gasteiger partial charge < -0.3 is 10.7 Å². The average Bonchev–Trinajstić information content (AvgIpc) is 2.76. The summed E-state index contributed by atoms with van der Waals surface area (Å²) in [5.41, 5.74) is 11.6. The van der Waals surface area contributed by atoms with Crippen LogP contribution in [0.5, 0.6) is 0 Å². The number of nitrogen functional groups attached to an aromatic ring is 1. The summed E-state index contributed by atoms with van der Waals surface area (Å²) in [6.07, 6.45) is 1.74. The maximum absolute atomic E-state index is 5.92. The first-order valence-electron chi connectivity index (χ1n) is 5.93. The second-order valence-corrected chi connectivity index (χ2v) is 5.54. The van der Waals surface area contributed by atoms with E-state index in [0.29, 0.717) is 5.65 Å². The smallest absolute Gasteiger partial charge is 0.178 e. The van der Waals surface area contributed by atoms with Crippen LogP contribution >= 0.6 is 15.9 Å². The molecule has 0 aliphatic carbocycles. The summed E-state index contributed by atoms with van der Waals surface area (Å²) in [6.45, 7) is 4.12. The topological polar surface area (TPSA) is 67.6 Å². The van der Waals surface area contributed by atoms with E-state index in [-0.39, 0.29) is 0 Å². The Bertz CT molecular complexity index is 776. The Morgan fingerprint density at radius 3 is 2.79 bits per heavy atom. The molecule has 3 rings (SSSR count). The summed E-state index contributed by atoms with van der Waals surface area (Å²) >= 11 is 3.41. The molecule has 0 saturated heterocycles. The number of anilines is 1. The van der Waals surface area contributed by atoms with Gasteiger partial charge in [0.25, 0.3) is 0 Å². The van der Waals surface area contributed by atoms with E-state index in [1.54, 1.807) is 6.20 Å². The van der Waals surface area contributed by atoms with Gasteiger partial charge in [-0.15, -0.1) is 0 Å². The fourth-order valence-electron chi connectivity index (χ4n) is 2.14. The number of rotatable bonds is 1. The molecule has 3 aromatic rings. The molecule has 19 heavy (non-hydrogen) atoms. The van der Waals surface area contributed by atoms with Gasteiger partial charge in [0.1, 0.15) is 5.82 Å². The molecule has 0 saturated carbocycles. The zero-order valence-electron chi connectivity index (χ0n) is 10.7. The van der Waals surface area contributed by atoms with E-state index in [0.717, 1.165) is 32.6 Å². The fraction of sp³-hybridized carbons (Fsp3) is 0.143. The lowest BCUT2D eigenvalue weighted by molar-refractivity contribution is 1.26. The summed E-state index contributed by atoms with van der Waals surface area (Å²) < 4.78 is 0.927. The lowest BCUT2D eigenvalue weighted by atomic mass is 10.0. The number of nitrogens with two attached hydrogens (primary N) is 1. The van der Waals surface area contributed by atoms with Crippen LogP contribution in [0.4, 0.5) is 5.69 Å². The molecule has 1 aromatic carbocycles. The molecule has 4 nitrogen and oxygen atoms in total. The second-order valence-electron chi connectivity index (χ2n) is 4.62. The van der Waals surface area contributed by atoms with Crippen molar-refractivity contribution < 1.29 is 0 Å². The third kappa shape index (κ3) is 2.10. The van der Waals surface area contributed by atoms with Crippen molar-refractivity contribution in [3.05, 3.63) is 40.0 Å². The van der Waals surface area contributed by atoms with Gasteiger partial charge in [0.2, 0.25) is 0 Å². The van der Waals surface area contributed by atoms with Crippen molar-refractivity contribution in [2.24, 2.45) is 0 Å². The highest BCUT2D eigenvalue weighted by Crippen LogP contribution is 2.28. The lowest BCUT2D eigenvalue weighted by Crippen LogP contribution is -1.93. The van der Waals surface area contributed by atoms with Gasteiger partial charge in [-0.25, -0.2) is 9.97 Å². The van der Waals surface area contributed by atoms with Crippen LogP contribution < -0.4 is 5.73 Å². The van der Waals surface area contributed by atoms with Gasteiger partial charge in [0.05, 0.1) is 5.52 Å². The van der Waals surface area contributed by atoms with Crippen LogP contribution in [0.1, 0.15) is 11.1 Å². The van der Waals surface area contributed by atoms with Crippen LogP contribution in [-0.4, -0.2) is 15.0 Å². The van der Waals surface area contributed by atoms with Crippen molar-refractivity contribution in [3.8, 4) is 11.4 Å². The number of hydrogen-bond donors (Lipinski definition) is 2. The molecule has 0 amide bonds. The van der Waals surface area contributed by atoms with E-state index in [4.69, 9.17) is 5.73 Å². The average molecular weight is 317 g/mol. The number of nitrogens with zero attached hydrogens (tertiary/aromatic N) is 2. The maximum Gasteiger partial charge on any atom is 0.178 e. The predicted octanol–water partition coefficient (Wildman–Crippen LogP) is 3.59. The van der Waals surface area contributed by atoms with Crippen LogP contribution in [-0.2, 0) is 0 Å². The number of halogens is 1. The molecule has 0 atom stereocenters. The number of aromatic nitrogens is 3. The summed E-state index contributed by atoms with van der Waals surface area (Å²) in [5, 5.41) is 0. The Kier molecular flexibility index (Phi) is 2.78. The molecule has 3 N–H and O–H groups in total. The highest BCUT2D eigenvalue weighted by atomic mass is 79.9. The van der Waals surface area contributed by atoms with Crippen LogP contribution in [0.25, 0.3) is 22.6 Å². The largest absolute Gasteiger partial charge is 0.399 e. The molecule has 2 aromatic heterocycles. The number of aromatic amines is 1. The Morgan fingerprint density at radius 2 is 2.00 bits per heavy atom. The molecular weight excluding hydrogens is 304 g/mol. The van der Waals surface area contributed by atoms with E-state index in [1.165, 1.54) is 5.56 Å². The molecular formula is C14H13BrN4. The molecule has 0 aliphatic rings. The molecule has 2 heterocycles. The highest BCUT2D eigenvalue weighted by molar-refractivity contribution is 9.10. The van der Waals surface area contributed by atoms with Crippen molar-refractivity contribution in [2.45, 2.75) is 13.8 Å². The van der Waals surface area contributed by atoms with E-state index in [9.17, 15) is 0 Å². The molecule has 0 radical (unpaired) electrons. The minimum absolute atomic E-state index is 0.706. The zero-order chi connectivity index (χ0) is 13.6. The molecule has 0 aliphatic heterocycles. The van der Waals surface area contributed by atoms with Crippen LogP contribution in [0, 0.1) is 13.8 Å². The third-order valence-electron chi connectivity index (χ3n) is 3.25. The van der Waals surface area contributed by atoms with Gasteiger partial charge in [-0.1, -0.05) is 0 Å². The quantitative estimate of drug-likeness (QED) is 0.674. The van der Waals surface area contributed by atoms with Gasteiger partial charge in [0, 0.05) is 21.9 Å². The first-order chi connectivity index (χ1) is 9.04. The van der Waals surface area contributed by atoms with E-state index in [1.807, 2.05) is 25.1 Å². The Labute approximate surface area is 119 Å². The van der Waals surface area contributed by atoms with Crippen molar-refractivity contribution in [2.75, 3.05) is 5.73 Å². The van der Waals surface area contributed by atoms with Gasteiger partial charge in [-0.2, -0.15) is 0 Å². The minimum atomic E-state index is 0.706. The Balaban J connectivity index is 2.24. The summed E-state index contributed by atoms with van der Waals surface area (Å²) in [4.78, 5) is 12.1. The first kappa shape index (κ1) is 12.2. The van der Waals surface area contributed by atoms with Crippen molar-refractivity contribution in [3.63, 3.8) is 0 Å². The summed E-state index contributed by atoms with van der Waals surface area (Å²) in [6, 6.07) is 5.87. The highest BCUT2D eigenvalue weighted by Gasteiger charge is 2.11. The van der Waals surface area contributed by atoms with E-state index < -0.39 is 0 Å². The van der Waals surface area contributed by atoms with Gasteiger partial charge in [-0.3, -0.25) is 0 Å². The van der Waals surface area contributed by atoms with Crippen molar-refractivity contribution in [1.82, 2.24) is 15.0 Å². The number of H-pyrrole nitrogens is 1. The number of benzene rings is 1. The lowest BCUT2D eigenvalue weighted by Gasteiger charge is -2.07. The van der Waals surface area contributed by atoms with E-state index >= 15 is 0 Å². The Hall–Kier alpha value is -1.88. The Morgan fingerprint density at radius 1 is 1.21 bits per heavy atom. The predicted molar refractivity (Wildman–Crippen MR) is 80.9 cm³/mol. The summed E-state index contributed by atoms with van der Waals surface area (Å²) in [7, 11) is 0. The molecule has 0 spiro atoms. The minimum Gasteiger partial charge on any atom is -0.399 e. The molecule has 0 bridgehead atoms. The number of hydrogen-bond acceptors (Lipinski definition) is 3. The van der Waals surface area contributed by atoms with Gasteiger partial charge in [-0.05, 0) is 59.1 Å². The second kappa shape index (κ2) is 4.35. The summed E-state index contributed by atoms with van der Waals surface area (Å²) in [5.74, 6) is 0.800. The number of pyridine rings is 1. The molecule has 0 unspecified atom stereocenters. The maximum atomic E-state index is 5.92. The van der Waals surface area contributed by atoms with Crippen LogP contribution in [0.2, 0.25) is 0 Å². The van der Waals surface area contributed by atoms with Gasteiger partial charge in [0.15, 0.2) is 5.65 Å². The van der Waals surface area contributed by atoms with E-state index in [2.05, 4.69) is 37.8 Å². The molecule has 96 valence electrons. The number of imidazole rings is 1. The third-order valence-corrected chi connectivity index (χ3v) is 3.68. The fourth-order valence-corrected chi connectivity index (χ4v) is 2.47. The van der Waals surface area contributed by atoms with Crippen molar-refractivity contribution in [1.29, 1.82) is 0 Å². The monoisotopic (exact) mass is 316 g/mol.